The zero-order valence-electron chi connectivity index (χ0n) is 10.5. The third-order valence-electron chi connectivity index (χ3n) is 2.83. The summed E-state index contributed by atoms with van der Waals surface area (Å²) in [5.41, 5.74) is 3.59. The van der Waals surface area contributed by atoms with Gasteiger partial charge in [0.2, 0.25) is 0 Å². The second kappa shape index (κ2) is 5.64. The molecule has 0 bridgehead atoms. The Morgan fingerprint density at radius 2 is 2.00 bits per heavy atom. The molecule has 3 nitrogen and oxygen atoms in total. The van der Waals surface area contributed by atoms with E-state index in [-0.39, 0.29) is 0 Å². The molecule has 2 aromatic rings. The zero-order chi connectivity index (χ0) is 12.1. The van der Waals surface area contributed by atoms with Crippen LogP contribution in [0.3, 0.4) is 0 Å². The summed E-state index contributed by atoms with van der Waals surface area (Å²) in [5.74, 6) is 0. The van der Waals surface area contributed by atoms with Gasteiger partial charge < -0.3 is 4.90 Å². The molecule has 0 fully saturated rings. The fourth-order valence-electron chi connectivity index (χ4n) is 2.04. The number of H-pyrrole nitrogens is 1. The standard InChI is InChI=1S/C14H19N3/c1-3-9-17(2)11-13-10-15-16-14(13)12-7-5-4-6-8-12/h4-8,10H,3,9,11H2,1-2H3,(H,15,16). The first-order valence-corrected chi connectivity index (χ1v) is 6.07. The quantitative estimate of drug-likeness (QED) is 0.855. The van der Waals surface area contributed by atoms with E-state index in [0.717, 1.165) is 18.8 Å². The average molecular weight is 229 g/mol. The van der Waals surface area contributed by atoms with Crippen molar-refractivity contribution in [3.63, 3.8) is 0 Å². The first-order chi connectivity index (χ1) is 8.31. The first-order valence-electron chi connectivity index (χ1n) is 6.07. The summed E-state index contributed by atoms with van der Waals surface area (Å²) in [6.45, 7) is 4.25. The van der Waals surface area contributed by atoms with E-state index < -0.39 is 0 Å². The van der Waals surface area contributed by atoms with Gasteiger partial charge >= 0.3 is 0 Å². The number of rotatable bonds is 5. The van der Waals surface area contributed by atoms with Gasteiger partial charge in [-0.3, -0.25) is 5.10 Å². The largest absolute Gasteiger partial charge is 0.302 e. The summed E-state index contributed by atoms with van der Waals surface area (Å²) in [5, 5.41) is 7.25. The lowest BCUT2D eigenvalue weighted by molar-refractivity contribution is 0.328. The van der Waals surface area contributed by atoms with Crippen molar-refractivity contribution < 1.29 is 0 Å². The maximum Gasteiger partial charge on any atom is 0.0695 e. The van der Waals surface area contributed by atoms with E-state index in [1.807, 2.05) is 12.3 Å². The van der Waals surface area contributed by atoms with Crippen LogP contribution in [0.25, 0.3) is 11.3 Å². The molecule has 90 valence electrons. The number of aromatic amines is 1. The summed E-state index contributed by atoms with van der Waals surface area (Å²) < 4.78 is 0. The molecule has 1 aromatic carbocycles. The Kier molecular flexibility index (Phi) is 3.94. The second-order valence-corrected chi connectivity index (χ2v) is 4.37. The normalized spacial score (nSPS) is 11.0. The number of nitrogens with zero attached hydrogens (tertiary/aromatic N) is 2. The molecule has 0 aliphatic rings. The molecule has 17 heavy (non-hydrogen) atoms. The van der Waals surface area contributed by atoms with E-state index in [2.05, 4.69) is 53.3 Å². The summed E-state index contributed by atoms with van der Waals surface area (Å²) >= 11 is 0. The van der Waals surface area contributed by atoms with E-state index >= 15 is 0 Å². The monoisotopic (exact) mass is 229 g/mol. The van der Waals surface area contributed by atoms with Crippen molar-refractivity contribution in [1.29, 1.82) is 0 Å². The molecule has 0 unspecified atom stereocenters. The molecular weight excluding hydrogens is 210 g/mol. The topological polar surface area (TPSA) is 31.9 Å². The summed E-state index contributed by atoms with van der Waals surface area (Å²) in [4.78, 5) is 2.32. The highest BCUT2D eigenvalue weighted by Gasteiger charge is 2.08. The predicted molar refractivity (Wildman–Crippen MR) is 70.6 cm³/mol. The molecule has 3 heteroatoms. The minimum Gasteiger partial charge on any atom is -0.302 e. The highest BCUT2D eigenvalue weighted by atomic mass is 15.1. The van der Waals surface area contributed by atoms with Gasteiger partial charge in [0.1, 0.15) is 0 Å². The number of hydrogen-bond donors (Lipinski definition) is 1. The molecule has 0 saturated heterocycles. The van der Waals surface area contributed by atoms with E-state index in [1.54, 1.807) is 0 Å². The maximum absolute atomic E-state index is 4.16. The number of benzene rings is 1. The third kappa shape index (κ3) is 2.94. The molecule has 0 saturated carbocycles. The molecule has 0 aliphatic heterocycles. The van der Waals surface area contributed by atoms with Gasteiger partial charge in [-0.2, -0.15) is 5.10 Å². The fourth-order valence-corrected chi connectivity index (χ4v) is 2.04. The van der Waals surface area contributed by atoms with Gasteiger partial charge in [-0.1, -0.05) is 37.3 Å². The van der Waals surface area contributed by atoms with Gasteiger partial charge in [-0.15, -0.1) is 0 Å². The third-order valence-corrected chi connectivity index (χ3v) is 2.83. The lowest BCUT2D eigenvalue weighted by Gasteiger charge is -2.15. The van der Waals surface area contributed by atoms with Crippen molar-refractivity contribution >= 4 is 0 Å². The highest BCUT2D eigenvalue weighted by molar-refractivity contribution is 5.62. The number of hydrogen-bond acceptors (Lipinski definition) is 2. The van der Waals surface area contributed by atoms with Crippen molar-refractivity contribution in [1.82, 2.24) is 15.1 Å². The lowest BCUT2D eigenvalue weighted by Crippen LogP contribution is -2.18. The zero-order valence-corrected chi connectivity index (χ0v) is 10.5. The SMILES string of the molecule is CCCN(C)Cc1cn[nH]c1-c1ccccc1. The van der Waals surface area contributed by atoms with Gasteiger partial charge in [0.05, 0.1) is 11.9 Å². The highest BCUT2D eigenvalue weighted by Crippen LogP contribution is 2.21. The Hall–Kier alpha value is -1.61. The van der Waals surface area contributed by atoms with E-state index in [9.17, 15) is 0 Å². The Morgan fingerprint density at radius 1 is 1.24 bits per heavy atom. The van der Waals surface area contributed by atoms with E-state index in [1.165, 1.54) is 17.5 Å². The van der Waals surface area contributed by atoms with Gasteiger partial charge in [0.25, 0.3) is 0 Å². The van der Waals surface area contributed by atoms with Gasteiger partial charge in [0, 0.05) is 12.1 Å². The van der Waals surface area contributed by atoms with E-state index in [4.69, 9.17) is 0 Å². The van der Waals surface area contributed by atoms with Crippen LogP contribution in [0.5, 0.6) is 0 Å². The first kappa shape index (κ1) is 11.9. The molecule has 0 radical (unpaired) electrons. The summed E-state index contributed by atoms with van der Waals surface area (Å²) in [6.07, 6.45) is 3.10. The fraction of sp³-hybridized carbons (Fsp3) is 0.357. The van der Waals surface area contributed by atoms with Crippen LogP contribution in [-0.2, 0) is 6.54 Å². The van der Waals surface area contributed by atoms with Crippen LogP contribution < -0.4 is 0 Å². The Labute approximate surface area is 102 Å². The lowest BCUT2D eigenvalue weighted by atomic mass is 10.1. The molecule has 0 atom stereocenters. The van der Waals surface area contributed by atoms with E-state index in [0.29, 0.717) is 0 Å². The summed E-state index contributed by atoms with van der Waals surface area (Å²) in [7, 11) is 2.14. The number of nitrogens with one attached hydrogen (secondary N) is 1. The molecule has 2 rings (SSSR count). The van der Waals surface area contributed by atoms with Crippen LogP contribution in [0, 0.1) is 0 Å². The van der Waals surface area contributed by atoms with Crippen molar-refractivity contribution in [2.75, 3.05) is 13.6 Å². The maximum atomic E-state index is 4.16. The molecule has 0 aliphatic carbocycles. The van der Waals surface area contributed by atoms with Crippen LogP contribution in [0.1, 0.15) is 18.9 Å². The molecule has 1 heterocycles. The second-order valence-electron chi connectivity index (χ2n) is 4.37. The van der Waals surface area contributed by atoms with Gasteiger partial charge in [0.15, 0.2) is 0 Å². The van der Waals surface area contributed by atoms with Crippen LogP contribution in [0.2, 0.25) is 0 Å². The van der Waals surface area contributed by atoms with Crippen molar-refractivity contribution in [3.8, 4) is 11.3 Å². The Morgan fingerprint density at radius 3 is 2.71 bits per heavy atom. The van der Waals surface area contributed by atoms with Crippen molar-refractivity contribution in [2.24, 2.45) is 0 Å². The van der Waals surface area contributed by atoms with Crippen LogP contribution in [0.15, 0.2) is 36.5 Å². The Balaban J connectivity index is 2.18. The minimum absolute atomic E-state index is 0.939. The molecular formula is C14H19N3. The van der Waals surface area contributed by atoms with Crippen LogP contribution in [0.4, 0.5) is 0 Å². The van der Waals surface area contributed by atoms with Gasteiger partial charge in [-0.05, 0) is 25.6 Å². The summed E-state index contributed by atoms with van der Waals surface area (Å²) in [6, 6.07) is 10.3. The molecule has 0 spiro atoms. The molecule has 1 N–H and O–H groups in total. The molecule has 0 amide bonds. The Bertz CT molecular complexity index is 448. The minimum atomic E-state index is 0.939. The smallest absolute Gasteiger partial charge is 0.0695 e. The van der Waals surface area contributed by atoms with Crippen LogP contribution in [-0.4, -0.2) is 28.7 Å². The van der Waals surface area contributed by atoms with Crippen molar-refractivity contribution in [3.05, 3.63) is 42.1 Å². The van der Waals surface area contributed by atoms with Crippen LogP contribution >= 0.6 is 0 Å². The van der Waals surface area contributed by atoms with Gasteiger partial charge in [-0.25, -0.2) is 0 Å². The average Bonchev–Trinajstić information content (AvgIpc) is 2.78. The van der Waals surface area contributed by atoms with Crippen molar-refractivity contribution in [2.45, 2.75) is 19.9 Å². The predicted octanol–water partition coefficient (Wildman–Crippen LogP) is 2.92. The molecule has 1 aromatic heterocycles. The number of aromatic nitrogens is 2.